The summed E-state index contributed by atoms with van der Waals surface area (Å²) < 4.78 is 8.12. The number of nitrogens with two attached hydrogens (primary N) is 1. The van der Waals surface area contributed by atoms with E-state index in [9.17, 15) is 0 Å². The van der Waals surface area contributed by atoms with E-state index in [4.69, 9.17) is 10.5 Å². The van der Waals surface area contributed by atoms with E-state index in [2.05, 4.69) is 47.0 Å². The van der Waals surface area contributed by atoms with Crippen LogP contribution in [-0.2, 0) is 17.8 Å². The molecule has 3 rings (SSSR count). The molecule has 19 heavy (non-hydrogen) atoms. The molecule has 1 aliphatic rings. The van der Waals surface area contributed by atoms with Crippen molar-refractivity contribution in [3.05, 3.63) is 36.0 Å². The second kappa shape index (κ2) is 5.33. The van der Waals surface area contributed by atoms with Gasteiger partial charge in [0.25, 0.3) is 0 Å². The van der Waals surface area contributed by atoms with Gasteiger partial charge in [-0.05, 0) is 24.7 Å². The number of fused-ring (bicyclic) bond motifs is 1. The van der Waals surface area contributed by atoms with E-state index < -0.39 is 0 Å². The molecule has 2 aromatic rings. The fourth-order valence-corrected chi connectivity index (χ4v) is 2.82. The number of nitrogens with zero attached hydrogens (tertiary/aromatic N) is 2. The van der Waals surface area contributed by atoms with Crippen molar-refractivity contribution in [2.45, 2.75) is 19.2 Å². The quantitative estimate of drug-likeness (QED) is 0.907. The summed E-state index contributed by atoms with van der Waals surface area (Å²) in [4.78, 5) is 2.32. The summed E-state index contributed by atoms with van der Waals surface area (Å²) in [6.07, 6.45) is 2.41. The maximum atomic E-state index is 5.84. The molecule has 0 aliphatic carbocycles. The van der Waals surface area contributed by atoms with E-state index in [0.717, 1.165) is 26.2 Å². The average molecular weight is 259 g/mol. The highest BCUT2D eigenvalue weighted by Crippen LogP contribution is 2.21. The van der Waals surface area contributed by atoms with E-state index in [0.29, 0.717) is 6.54 Å². The van der Waals surface area contributed by atoms with Gasteiger partial charge in [0.2, 0.25) is 0 Å². The SMILES string of the molecule is CN1CCOC(Cn2ccc3c(CN)cccc32)C1. The maximum Gasteiger partial charge on any atom is 0.0881 e. The van der Waals surface area contributed by atoms with Gasteiger partial charge in [0.15, 0.2) is 0 Å². The lowest BCUT2D eigenvalue weighted by Crippen LogP contribution is -2.41. The minimum atomic E-state index is 0.274. The number of rotatable bonds is 3. The Bertz CT molecular complexity index is 564. The van der Waals surface area contributed by atoms with E-state index in [1.807, 2.05) is 0 Å². The second-order valence-corrected chi connectivity index (χ2v) is 5.28. The Balaban J connectivity index is 1.85. The number of benzene rings is 1. The molecule has 2 heterocycles. The van der Waals surface area contributed by atoms with E-state index >= 15 is 0 Å². The number of ether oxygens (including phenoxy) is 1. The smallest absolute Gasteiger partial charge is 0.0881 e. The highest BCUT2D eigenvalue weighted by molar-refractivity contribution is 5.83. The van der Waals surface area contributed by atoms with Crippen molar-refractivity contribution in [1.29, 1.82) is 0 Å². The summed E-state index contributed by atoms with van der Waals surface area (Å²) in [6.45, 7) is 4.34. The van der Waals surface area contributed by atoms with Crippen molar-refractivity contribution in [3.63, 3.8) is 0 Å². The standard InChI is InChI=1S/C15H21N3O/c1-17-7-8-19-13(10-17)11-18-6-5-14-12(9-16)3-2-4-15(14)18/h2-6,13H,7-11,16H2,1H3. The van der Waals surface area contributed by atoms with Gasteiger partial charge in [-0.25, -0.2) is 0 Å². The Labute approximate surface area is 113 Å². The molecule has 1 aliphatic heterocycles. The van der Waals surface area contributed by atoms with Crippen LogP contribution in [0.25, 0.3) is 10.9 Å². The summed E-state index contributed by atoms with van der Waals surface area (Å²) in [5, 5.41) is 1.26. The molecule has 0 spiro atoms. The number of hydrogen-bond acceptors (Lipinski definition) is 3. The normalized spacial score (nSPS) is 21.1. The molecule has 1 unspecified atom stereocenters. The molecule has 1 aromatic heterocycles. The van der Waals surface area contributed by atoms with Crippen LogP contribution < -0.4 is 5.73 Å². The molecule has 1 atom stereocenters. The Morgan fingerprint density at radius 1 is 1.37 bits per heavy atom. The highest BCUT2D eigenvalue weighted by Gasteiger charge is 2.18. The third-order valence-corrected chi connectivity index (χ3v) is 3.87. The zero-order valence-corrected chi connectivity index (χ0v) is 11.4. The van der Waals surface area contributed by atoms with Crippen LogP contribution in [0.2, 0.25) is 0 Å². The monoisotopic (exact) mass is 259 g/mol. The van der Waals surface area contributed by atoms with Crippen LogP contribution in [0, 0.1) is 0 Å². The topological polar surface area (TPSA) is 43.4 Å². The van der Waals surface area contributed by atoms with Gasteiger partial charge in [0, 0.05) is 36.7 Å². The molecule has 1 saturated heterocycles. The molecule has 0 bridgehead atoms. The maximum absolute atomic E-state index is 5.84. The van der Waals surface area contributed by atoms with Crippen molar-refractivity contribution in [1.82, 2.24) is 9.47 Å². The molecule has 0 saturated carbocycles. The van der Waals surface area contributed by atoms with Crippen molar-refractivity contribution in [3.8, 4) is 0 Å². The molecule has 1 fully saturated rings. The van der Waals surface area contributed by atoms with Crippen molar-refractivity contribution in [2.75, 3.05) is 26.7 Å². The molecular formula is C15H21N3O. The Morgan fingerprint density at radius 2 is 2.26 bits per heavy atom. The van der Waals surface area contributed by atoms with E-state index in [1.165, 1.54) is 16.5 Å². The Hall–Kier alpha value is -1.36. The fraction of sp³-hybridized carbons (Fsp3) is 0.467. The first-order valence-electron chi connectivity index (χ1n) is 6.85. The summed E-state index contributed by atoms with van der Waals surface area (Å²) >= 11 is 0. The zero-order valence-electron chi connectivity index (χ0n) is 11.4. The van der Waals surface area contributed by atoms with Gasteiger partial charge < -0.3 is 19.9 Å². The second-order valence-electron chi connectivity index (χ2n) is 5.28. The first-order chi connectivity index (χ1) is 9.28. The van der Waals surface area contributed by atoms with Crippen LogP contribution >= 0.6 is 0 Å². The van der Waals surface area contributed by atoms with Gasteiger partial charge in [-0.1, -0.05) is 12.1 Å². The lowest BCUT2D eigenvalue weighted by atomic mass is 10.1. The number of morpholine rings is 1. The molecule has 2 N–H and O–H groups in total. The highest BCUT2D eigenvalue weighted by atomic mass is 16.5. The first-order valence-corrected chi connectivity index (χ1v) is 6.85. The molecular weight excluding hydrogens is 238 g/mol. The predicted molar refractivity (Wildman–Crippen MR) is 77.1 cm³/mol. The van der Waals surface area contributed by atoms with Crippen LogP contribution in [0.4, 0.5) is 0 Å². The number of hydrogen-bond donors (Lipinski definition) is 1. The largest absolute Gasteiger partial charge is 0.374 e. The summed E-state index contributed by atoms with van der Waals surface area (Å²) in [5.41, 5.74) is 8.24. The van der Waals surface area contributed by atoms with Gasteiger partial charge >= 0.3 is 0 Å². The molecule has 4 heteroatoms. The number of likely N-dealkylation sites (N-methyl/N-ethyl adjacent to an activating group) is 1. The first kappa shape index (κ1) is 12.7. The third kappa shape index (κ3) is 2.52. The molecule has 0 radical (unpaired) electrons. The van der Waals surface area contributed by atoms with Crippen LogP contribution in [0.5, 0.6) is 0 Å². The van der Waals surface area contributed by atoms with Crippen molar-refractivity contribution >= 4 is 10.9 Å². The molecule has 102 valence electrons. The summed E-state index contributed by atoms with van der Waals surface area (Å²) in [7, 11) is 2.15. The lowest BCUT2D eigenvalue weighted by Gasteiger charge is -2.30. The van der Waals surface area contributed by atoms with Gasteiger partial charge in [0.05, 0.1) is 19.3 Å². The predicted octanol–water partition coefficient (Wildman–Crippen LogP) is 1.43. The third-order valence-electron chi connectivity index (χ3n) is 3.87. The van der Waals surface area contributed by atoms with Crippen molar-refractivity contribution in [2.24, 2.45) is 5.73 Å². The van der Waals surface area contributed by atoms with E-state index in [1.54, 1.807) is 0 Å². The van der Waals surface area contributed by atoms with Gasteiger partial charge in [-0.3, -0.25) is 0 Å². The zero-order chi connectivity index (χ0) is 13.2. The summed E-state index contributed by atoms with van der Waals surface area (Å²) in [6, 6.07) is 8.48. The van der Waals surface area contributed by atoms with Gasteiger partial charge in [0.1, 0.15) is 0 Å². The lowest BCUT2D eigenvalue weighted by molar-refractivity contribution is -0.0269. The van der Waals surface area contributed by atoms with Crippen molar-refractivity contribution < 1.29 is 4.74 Å². The Morgan fingerprint density at radius 3 is 3.05 bits per heavy atom. The van der Waals surface area contributed by atoms with Crippen LogP contribution in [0.15, 0.2) is 30.5 Å². The number of aromatic nitrogens is 1. The van der Waals surface area contributed by atoms with E-state index in [-0.39, 0.29) is 6.10 Å². The van der Waals surface area contributed by atoms with Crippen LogP contribution in [0.3, 0.4) is 0 Å². The van der Waals surface area contributed by atoms with Gasteiger partial charge in [-0.2, -0.15) is 0 Å². The fourth-order valence-electron chi connectivity index (χ4n) is 2.82. The molecule has 1 aromatic carbocycles. The Kier molecular flexibility index (Phi) is 3.55. The van der Waals surface area contributed by atoms with Crippen LogP contribution in [-0.4, -0.2) is 42.3 Å². The van der Waals surface area contributed by atoms with Gasteiger partial charge in [-0.15, -0.1) is 0 Å². The van der Waals surface area contributed by atoms with Crippen LogP contribution in [0.1, 0.15) is 5.56 Å². The average Bonchev–Trinajstić information content (AvgIpc) is 2.82. The summed E-state index contributed by atoms with van der Waals surface area (Å²) in [5.74, 6) is 0. The minimum absolute atomic E-state index is 0.274. The minimum Gasteiger partial charge on any atom is -0.374 e. The molecule has 0 amide bonds. The molecule has 4 nitrogen and oxygen atoms in total.